The number of alkyl halides is 3. The average Bonchev–Trinajstić information content (AvgIpc) is 3.63. The predicted octanol–water partition coefficient (Wildman–Crippen LogP) is 4.90. The second-order valence-corrected chi connectivity index (χ2v) is 11.1. The molecule has 1 saturated heterocycles. The van der Waals surface area contributed by atoms with Crippen LogP contribution in [0.2, 0.25) is 5.02 Å². The molecule has 5 heterocycles. The van der Waals surface area contributed by atoms with Crippen LogP contribution in [0.5, 0.6) is 0 Å². The summed E-state index contributed by atoms with van der Waals surface area (Å²) in [4.78, 5) is 31.0. The molecule has 1 aliphatic carbocycles. The Morgan fingerprint density at radius 3 is 2.64 bits per heavy atom. The van der Waals surface area contributed by atoms with E-state index in [1.807, 2.05) is 4.90 Å². The summed E-state index contributed by atoms with van der Waals surface area (Å²) in [6, 6.07) is 0.114. The van der Waals surface area contributed by atoms with Gasteiger partial charge in [-0.2, -0.15) is 13.2 Å². The molecule has 0 amide bonds. The van der Waals surface area contributed by atoms with Crippen LogP contribution in [0.4, 0.5) is 24.7 Å². The summed E-state index contributed by atoms with van der Waals surface area (Å²) in [6.07, 6.45) is 2.57. The number of halogens is 4. The van der Waals surface area contributed by atoms with E-state index in [4.69, 9.17) is 16.6 Å². The summed E-state index contributed by atoms with van der Waals surface area (Å²) in [5.74, 6) is 0.581. The molecule has 0 bridgehead atoms. The molecule has 14 heteroatoms. The van der Waals surface area contributed by atoms with Crippen molar-refractivity contribution in [2.24, 2.45) is 11.8 Å². The summed E-state index contributed by atoms with van der Waals surface area (Å²) < 4.78 is 47.0. The van der Waals surface area contributed by atoms with E-state index in [0.29, 0.717) is 59.1 Å². The molecule has 0 radical (unpaired) electrons. The number of aromatic nitrogens is 5. The van der Waals surface area contributed by atoms with Crippen molar-refractivity contribution in [3.63, 3.8) is 0 Å². The van der Waals surface area contributed by atoms with Crippen LogP contribution in [0.15, 0.2) is 27.8 Å². The van der Waals surface area contributed by atoms with E-state index in [0.717, 1.165) is 25.7 Å². The number of rotatable bonds is 5. The smallest absolute Gasteiger partial charge is 0.336 e. The van der Waals surface area contributed by atoms with Crippen LogP contribution in [0.25, 0.3) is 22.9 Å². The number of likely N-dealkylation sites (tertiary alicyclic amines) is 1. The highest BCUT2D eigenvalue weighted by Crippen LogP contribution is 2.46. The van der Waals surface area contributed by atoms with Gasteiger partial charge in [0.2, 0.25) is 11.6 Å². The highest BCUT2D eigenvalue weighted by Gasteiger charge is 2.51. The Kier molecular flexibility index (Phi) is 6.74. The molecule has 2 aliphatic heterocycles. The fourth-order valence-electron chi connectivity index (χ4n) is 6.00. The lowest BCUT2D eigenvalue weighted by Gasteiger charge is -2.40. The van der Waals surface area contributed by atoms with Gasteiger partial charge in [-0.3, -0.25) is 19.4 Å². The van der Waals surface area contributed by atoms with E-state index in [-0.39, 0.29) is 18.1 Å². The molecule has 2 unspecified atom stereocenters. The van der Waals surface area contributed by atoms with Crippen LogP contribution >= 0.6 is 11.6 Å². The van der Waals surface area contributed by atoms with Crippen LogP contribution in [-0.4, -0.2) is 61.6 Å². The zero-order chi connectivity index (χ0) is 27.3. The third-order valence-electron chi connectivity index (χ3n) is 7.94. The first-order chi connectivity index (χ1) is 18.7. The highest BCUT2D eigenvalue weighted by molar-refractivity contribution is 6.30. The van der Waals surface area contributed by atoms with E-state index in [9.17, 15) is 18.0 Å². The van der Waals surface area contributed by atoms with Gasteiger partial charge in [0.25, 0.3) is 0 Å². The van der Waals surface area contributed by atoms with Gasteiger partial charge < -0.3 is 10.2 Å². The van der Waals surface area contributed by atoms with Gasteiger partial charge in [0.15, 0.2) is 12.1 Å². The summed E-state index contributed by atoms with van der Waals surface area (Å²) in [7, 11) is 0. The van der Waals surface area contributed by atoms with Gasteiger partial charge in [0, 0.05) is 31.0 Å². The molecule has 0 aromatic carbocycles. The van der Waals surface area contributed by atoms with Gasteiger partial charge in [-0.15, -0.1) is 0 Å². The summed E-state index contributed by atoms with van der Waals surface area (Å²) in [6.45, 7) is 3.07. The lowest BCUT2D eigenvalue weighted by atomic mass is 9.83. The van der Waals surface area contributed by atoms with Crippen molar-refractivity contribution in [1.29, 1.82) is 0 Å². The second-order valence-electron chi connectivity index (χ2n) is 10.7. The first-order valence-corrected chi connectivity index (χ1v) is 13.5. The van der Waals surface area contributed by atoms with E-state index < -0.39 is 24.3 Å². The number of hydrogen-bond donors (Lipinski definition) is 2. The van der Waals surface area contributed by atoms with Crippen molar-refractivity contribution in [2.75, 3.05) is 23.3 Å². The van der Waals surface area contributed by atoms with E-state index in [1.54, 1.807) is 12.3 Å². The van der Waals surface area contributed by atoms with Crippen molar-refractivity contribution in [1.82, 2.24) is 30.0 Å². The van der Waals surface area contributed by atoms with Crippen molar-refractivity contribution in [2.45, 2.75) is 64.0 Å². The molecule has 39 heavy (non-hydrogen) atoms. The second kappa shape index (κ2) is 10.1. The molecule has 10 nitrogen and oxygen atoms in total. The molecule has 2 N–H and O–H groups in total. The number of pyridine rings is 1. The van der Waals surface area contributed by atoms with E-state index in [2.05, 4.69) is 36.9 Å². The van der Waals surface area contributed by atoms with Crippen molar-refractivity contribution in [3.05, 3.63) is 34.0 Å². The highest BCUT2D eigenvalue weighted by atomic mass is 35.5. The maximum absolute atomic E-state index is 14.1. The molecule has 1 saturated carbocycles. The number of H-pyrrole nitrogens is 1. The number of aromatic amines is 1. The van der Waals surface area contributed by atoms with Gasteiger partial charge >= 0.3 is 11.9 Å². The molecule has 208 valence electrons. The third kappa shape index (κ3) is 5.09. The van der Waals surface area contributed by atoms with Crippen LogP contribution in [0.3, 0.4) is 0 Å². The number of anilines is 2. The zero-order valence-corrected chi connectivity index (χ0v) is 22.0. The first-order valence-electron chi connectivity index (χ1n) is 13.1. The number of hydrogen-bond acceptors (Lipinski definition) is 9. The predicted molar refractivity (Wildman–Crippen MR) is 138 cm³/mol. The third-order valence-corrected chi connectivity index (χ3v) is 8.15. The number of nitrogens with one attached hydrogen (secondary N) is 2. The molecule has 3 aromatic heterocycles. The molecule has 2 fully saturated rings. The van der Waals surface area contributed by atoms with Gasteiger partial charge in [0.05, 0.1) is 5.02 Å². The van der Waals surface area contributed by atoms with Gasteiger partial charge in [-0.1, -0.05) is 36.5 Å². The Bertz CT molecular complexity index is 1400. The molecular weight excluding hydrogens is 537 g/mol. The van der Waals surface area contributed by atoms with Crippen LogP contribution in [-0.2, 0) is 0 Å². The summed E-state index contributed by atoms with van der Waals surface area (Å²) >= 11 is 6.27. The quantitative estimate of drug-likeness (QED) is 0.446. The fraction of sp³-hybridized carbons (Fsp3) is 0.560. The van der Waals surface area contributed by atoms with E-state index >= 15 is 0 Å². The first kappa shape index (κ1) is 26.1. The Morgan fingerprint density at radius 1 is 1.15 bits per heavy atom. The molecule has 3 aliphatic rings. The minimum Gasteiger partial charge on any atom is -0.336 e. The van der Waals surface area contributed by atoms with Crippen LogP contribution < -0.4 is 16.0 Å². The summed E-state index contributed by atoms with van der Waals surface area (Å²) in [5.41, 5.74) is 1.56. The molecule has 0 spiro atoms. The maximum atomic E-state index is 14.1. The number of nitrogens with zero attached hydrogens (tertiary/aromatic N) is 6. The standard InChI is InChI=1S/C25H28ClF3N8O2/c1-13-4-6-14(7-5-13)12-37-19-18(15-9-16(26)11-30-10-15)31-21(22-34-24(38)39-35-22)32-20(19)33-23(37)36-8-2-3-17(36)25(27,28)29/h9-11,13-14,17,23H,2-8,12H2,1H3,(H,31,32,33)(H,34,35,38)/t13-,14-,17?,23?. The molecule has 2 atom stereocenters. The Hall–Kier alpha value is -3.19. The van der Waals surface area contributed by atoms with Crippen LogP contribution in [0.1, 0.15) is 45.4 Å². The average molecular weight is 565 g/mol. The van der Waals surface area contributed by atoms with E-state index in [1.165, 1.54) is 11.1 Å². The Morgan fingerprint density at radius 2 is 1.95 bits per heavy atom. The minimum absolute atomic E-state index is 0.00597. The van der Waals surface area contributed by atoms with Crippen molar-refractivity contribution >= 4 is 23.1 Å². The zero-order valence-electron chi connectivity index (χ0n) is 21.2. The topological polar surface area (TPSA) is 116 Å². The number of fused-ring (bicyclic) bond motifs is 1. The van der Waals surface area contributed by atoms with Crippen LogP contribution in [0, 0.1) is 11.8 Å². The molecule has 6 rings (SSSR count). The largest absolute Gasteiger partial charge is 0.439 e. The Labute approximate surface area is 227 Å². The maximum Gasteiger partial charge on any atom is 0.439 e. The lowest BCUT2D eigenvalue weighted by molar-refractivity contribution is -0.179. The SMILES string of the molecule is C[C@H]1CC[C@H](CN2c3c(nc(-c4noc(=O)[nH]4)nc3-c3cncc(Cl)c3)NC2N2CCCC2C(F)(F)F)CC1. The molecular formula is C25H28ClF3N8O2. The van der Waals surface area contributed by atoms with Crippen molar-refractivity contribution < 1.29 is 17.7 Å². The van der Waals surface area contributed by atoms with Gasteiger partial charge in [0.1, 0.15) is 17.4 Å². The monoisotopic (exact) mass is 564 g/mol. The fourth-order valence-corrected chi connectivity index (χ4v) is 6.17. The van der Waals surface area contributed by atoms with Gasteiger partial charge in [-0.25, -0.2) is 14.8 Å². The van der Waals surface area contributed by atoms with Gasteiger partial charge in [-0.05, 0) is 43.6 Å². The molecule has 3 aromatic rings. The minimum atomic E-state index is -4.37. The van der Waals surface area contributed by atoms with Crippen molar-refractivity contribution in [3.8, 4) is 22.9 Å². The normalized spacial score (nSPS) is 25.6. The Balaban J connectivity index is 1.48. The lowest BCUT2D eigenvalue weighted by Crippen LogP contribution is -2.56. The summed E-state index contributed by atoms with van der Waals surface area (Å²) in [5, 5.41) is 7.36.